The molecule has 1 aliphatic rings. The van der Waals surface area contributed by atoms with Gasteiger partial charge in [-0.3, -0.25) is 0 Å². The van der Waals surface area contributed by atoms with Crippen LogP contribution in [0, 0.1) is 11.7 Å². The number of aryl methyl sites for hydroxylation is 1. The minimum Gasteiger partial charge on any atom is -0.327 e. The summed E-state index contributed by atoms with van der Waals surface area (Å²) in [5.74, 6) is 0.514. The van der Waals surface area contributed by atoms with Crippen LogP contribution in [-0.4, -0.2) is 6.04 Å². The lowest BCUT2D eigenvalue weighted by molar-refractivity contribution is 0.410. The van der Waals surface area contributed by atoms with E-state index >= 15 is 0 Å². The van der Waals surface area contributed by atoms with Crippen LogP contribution in [0.25, 0.3) is 0 Å². The van der Waals surface area contributed by atoms with Gasteiger partial charge < -0.3 is 5.73 Å². The van der Waals surface area contributed by atoms with Crippen LogP contribution in [0.3, 0.4) is 0 Å². The van der Waals surface area contributed by atoms with Crippen molar-refractivity contribution in [1.29, 1.82) is 0 Å². The zero-order valence-electron chi connectivity index (χ0n) is 9.96. The summed E-state index contributed by atoms with van der Waals surface area (Å²) in [6, 6.07) is 5.12. The van der Waals surface area contributed by atoms with E-state index in [0.717, 1.165) is 22.9 Å². The third-order valence-electron chi connectivity index (χ3n) is 3.76. The Kier molecular flexibility index (Phi) is 4.57. The Labute approximate surface area is 111 Å². The van der Waals surface area contributed by atoms with E-state index in [1.165, 1.54) is 31.7 Å². The summed E-state index contributed by atoms with van der Waals surface area (Å²) in [6.07, 6.45) is 6.99. The van der Waals surface area contributed by atoms with Crippen LogP contribution < -0.4 is 5.73 Å². The Morgan fingerprint density at radius 1 is 1.35 bits per heavy atom. The normalized spacial score (nSPS) is 18.5. The molecule has 17 heavy (non-hydrogen) atoms. The summed E-state index contributed by atoms with van der Waals surface area (Å²) >= 11 is 3.46. The average molecular weight is 300 g/mol. The molecule has 1 saturated carbocycles. The van der Waals surface area contributed by atoms with Gasteiger partial charge in [0.2, 0.25) is 0 Å². The lowest BCUT2D eigenvalue weighted by Gasteiger charge is -2.18. The van der Waals surface area contributed by atoms with Crippen molar-refractivity contribution < 1.29 is 4.39 Å². The molecule has 2 N–H and O–H groups in total. The molecule has 3 heteroatoms. The van der Waals surface area contributed by atoms with Crippen molar-refractivity contribution in [2.24, 2.45) is 11.7 Å². The molecule has 1 unspecified atom stereocenters. The van der Waals surface area contributed by atoms with E-state index in [0.29, 0.717) is 5.92 Å². The van der Waals surface area contributed by atoms with E-state index < -0.39 is 0 Å². The molecule has 1 aromatic carbocycles. The molecule has 1 atom stereocenters. The lowest BCUT2D eigenvalue weighted by Crippen LogP contribution is -2.28. The molecule has 2 rings (SSSR count). The fraction of sp³-hybridized carbons (Fsp3) is 0.571. The summed E-state index contributed by atoms with van der Waals surface area (Å²) in [4.78, 5) is 0. The van der Waals surface area contributed by atoms with Crippen molar-refractivity contribution >= 4 is 15.9 Å². The number of rotatable bonds is 4. The highest BCUT2D eigenvalue weighted by Crippen LogP contribution is 2.29. The van der Waals surface area contributed by atoms with Crippen LogP contribution in [0.15, 0.2) is 22.7 Å². The molecule has 0 heterocycles. The van der Waals surface area contributed by atoms with Crippen molar-refractivity contribution in [3.8, 4) is 0 Å². The summed E-state index contributed by atoms with van der Waals surface area (Å²) < 4.78 is 14.1. The Balaban J connectivity index is 1.90. The molecule has 1 aromatic rings. The van der Waals surface area contributed by atoms with Crippen LogP contribution in [0.1, 0.15) is 37.7 Å². The standard InChI is InChI=1S/C14H19BrFN/c15-13-7-6-12(16)9-11(13)5-8-14(17)10-3-1-2-4-10/h6-7,9-10,14H,1-5,8,17H2. The Hall–Kier alpha value is -0.410. The van der Waals surface area contributed by atoms with Gasteiger partial charge in [0.25, 0.3) is 0 Å². The lowest BCUT2D eigenvalue weighted by atomic mass is 9.93. The molecule has 1 fully saturated rings. The number of benzene rings is 1. The number of hydrogen-bond acceptors (Lipinski definition) is 1. The van der Waals surface area contributed by atoms with Gasteiger partial charge in [-0.15, -0.1) is 0 Å². The number of nitrogens with two attached hydrogens (primary N) is 1. The molecule has 0 spiro atoms. The first-order valence-electron chi connectivity index (χ1n) is 6.36. The highest BCUT2D eigenvalue weighted by Gasteiger charge is 2.21. The summed E-state index contributed by atoms with van der Waals surface area (Å²) in [7, 11) is 0. The fourth-order valence-corrected chi connectivity index (χ4v) is 3.12. The van der Waals surface area contributed by atoms with Crippen molar-refractivity contribution in [3.05, 3.63) is 34.1 Å². The molecular formula is C14H19BrFN. The Morgan fingerprint density at radius 2 is 2.06 bits per heavy atom. The molecule has 0 bridgehead atoms. The van der Waals surface area contributed by atoms with Gasteiger partial charge in [-0.05, 0) is 55.4 Å². The molecule has 0 aromatic heterocycles. The average Bonchev–Trinajstić information content (AvgIpc) is 2.83. The highest BCUT2D eigenvalue weighted by molar-refractivity contribution is 9.10. The van der Waals surface area contributed by atoms with Crippen LogP contribution in [0.5, 0.6) is 0 Å². The van der Waals surface area contributed by atoms with Crippen LogP contribution in [-0.2, 0) is 6.42 Å². The highest BCUT2D eigenvalue weighted by atomic mass is 79.9. The maximum absolute atomic E-state index is 13.1. The minimum absolute atomic E-state index is 0.169. The molecule has 0 radical (unpaired) electrons. The number of hydrogen-bond donors (Lipinski definition) is 1. The molecule has 0 aliphatic heterocycles. The van der Waals surface area contributed by atoms with Gasteiger partial charge in [0.05, 0.1) is 0 Å². The molecule has 0 amide bonds. The fourth-order valence-electron chi connectivity index (χ4n) is 2.68. The third kappa shape index (κ3) is 3.52. The van der Waals surface area contributed by atoms with Crippen molar-refractivity contribution in [2.75, 3.05) is 0 Å². The third-order valence-corrected chi connectivity index (χ3v) is 4.53. The summed E-state index contributed by atoms with van der Waals surface area (Å²) in [6.45, 7) is 0. The minimum atomic E-state index is -0.169. The topological polar surface area (TPSA) is 26.0 Å². The van der Waals surface area contributed by atoms with Crippen molar-refractivity contribution in [3.63, 3.8) is 0 Å². The number of halogens is 2. The van der Waals surface area contributed by atoms with Crippen molar-refractivity contribution in [2.45, 2.75) is 44.6 Å². The summed E-state index contributed by atoms with van der Waals surface area (Å²) in [5, 5.41) is 0. The second-order valence-electron chi connectivity index (χ2n) is 4.98. The second-order valence-corrected chi connectivity index (χ2v) is 5.84. The summed E-state index contributed by atoms with van der Waals surface area (Å²) in [5.41, 5.74) is 7.23. The van der Waals surface area contributed by atoms with Gasteiger partial charge in [-0.25, -0.2) is 4.39 Å². The van der Waals surface area contributed by atoms with E-state index in [9.17, 15) is 4.39 Å². The first kappa shape index (κ1) is 13.0. The van der Waals surface area contributed by atoms with E-state index in [-0.39, 0.29) is 11.9 Å². The largest absolute Gasteiger partial charge is 0.327 e. The van der Waals surface area contributed by atoms with E-state index in [4.69, 9.17) is 5.73 Å². The van der Waals surface area contributed by atoms with Gasteiger partial charge in [-0.1, -0.05) is 28.8 Å². The zero-order chi connectivity index (χ0) is 12.3. The van der Waals surface area contributed by atoms with Gasteiger partial charge in [0, 0.05) is 10.5 Å². The first-order valence-corrected chi connectivity index (χ1v) is 7.15. The van der Waals surface area contributed by atoms with Crippen LogP contribution in [0.4, 0.5) is 4.39 Å². The predicted molar refractivity (Wildman–Crippen MR) is 72.4 cm³/mol. The Morgan fingerprint density at radius 3 is 2.76 bits per heavy atom. The van der Waals surface area contributed by atoms with Gasteiger partial charge in [0.1, 0.15) is 5.82 Å². The molecular weight excluding hydrogens is 281 g/mol. The quantitative estimate of drug-likeness (QED) is 0.892. The first-order chi connectivity index (χ1) is 8.16. The smallest absolute Gasteiger partial charge is 0.123 e. The maximum atomic E-state index is 13.1. The van der Waals surface area contributed by atoms with E-state index in [1.807, 2.05) is 0 Å². The van der Waals surface area contributed by atoms with E-state index in [1.54, 1.807) is 12.1 Å². The van der Waals surface area contributed by atoms with Gasteiger partial charge in [0.15, 0.2) is 0 Å². The monoisotopic (exact) mass is 299 g/mol. The van der Waals surface area contributed by atoms with Gasteiger partial charge >= 0.3 is 0 Å². The Bertz CT molecular complexity index is 374. The molecule has 1 aliphatic carbocycles. The molecule has 0 saturated heterocycles. The molecule has 1 nitrogen and oxygen atoms in total. The van der Waals surface area contributed by atoms with Crippen LogP contribution >= 0.6 is 15.9 Å². The van der Waals surface area contributed by atoms with Gasteiger partial charge in [-0.2, -0.15) is 0 Å². The molecule has 94 valence electrons. The SMILES string of the molecule is NC(CCc1cc(F)ccc1Br)C1CCCC1. The maximum Gasteiger partial charge on any atom is 0.123 e. The predicted octanol–water partition coefficient (Wildman–Crippen LogP) is 4.04. The second kappa shape index (κ2) is 5.96. The van der Waals surface area contributed by atoms with E-state index in [2.05, 4.69) is 15.9 Å². The van der Waals surface area contributed by atoms with Crippen molar-refractivity contribution in [1.82, 2.24) is 0 Å². The van der Waals surface area contributed by atoms with Crippen LogP contribution in [0.2, 0.25) is 0 Å². The zero-order valence-corrected chi connectivity index (χ0v) is 11.5.